The Balaban J connectivity index is 1.80. The zero-order valence-corrected chi connectivity index (χ0v) is 17.1. The predicted octanol–water partition coefficient (Wildman–Crippen LogP) is 1.91. The van der Waals surface area contributed by atoms with E-state index in [9.17, 15) is 0 Å². The van der Waals surface area contributed by atoms with Gasteiger partial charge in [-0.25, -0.2) is 0 Å². The van der Waals surface area contributed by atoms with Crippen LogP contribution in [0.4, 0.5) is 0 Å². The first-order valence-corrected chi connectivity index (χ1v) is 9.65. The summed E-state index contributed by atoms with van der Waals surface area (Å²) in [6, 6.07) is 8.05. The molecule has 1 heterocycles. The van der Waals surface area contributed by atoms with E-state index in [4.69, 9.17) is 16.3 Å². The van der Waals surface area contributed by atoms with Crippen LogP contribution in [0, 0.1) is 0 Å². The molecule has 0 spiro atoms. The van der Waals surface area contributed by atoms with Gasteiger partial charge in [0.1, 0.15) is 11.9 Å². The molecule has 146 valence electrons. The molecular formula is C19H32ClN5O. The lowest BCUT2D eigenvalue weighted by Gasteiger charge is -2.38. The van der Waals surface area contributed by atoms with E-state index in [-0.39, 0.29) is 6.10 Å². The Hall–Kier alpha value is -1.50. The molecule has 7 heteroatoms. The number of guanidine groups is 1. The van der Waals surface area contributed by atoms with Crippen LogP contribution in [0.5, 0.6) is 5.75 Å². The van der Waals surface area contributed by atoms with Crippen LogP contribution in [-0.4, -0.2) is 81.8 Å². The maximum Gasteiger partial charge on any atom is 0.191 e. The SMILES string of the molecule is CCC(CNC(=NC)NCC1CN(C)CCN1C)Oc1ccccc1Cl. The number of nitrogens with zero attached hydrogens (tertiary/aromatic N) is 3. The number of rotatable bonds is 7. The molecule has 0 amide bonds. The molecule has 6 nitrogen and oxygen atoms in total. The van der Waals surface area contributed by atoms with Crippen molar-refractivity contribution in [2.24, 2.45) is 4.99 Å². The van der Waals surface area contributed by atoms with Gasteiger partial charge in [-0.1, -0.05) is 30.7 Å². The Morgan fingerprint density at radius 1 is 1.31 bits per heavy atom. The number of hydrogen-bond donors (Lipinski definition) is 2. The third-order valence-corrected chi connectivity index (χ3v) is 5.10. The fraction of sp³-hybridized carbons (Fsp3) is 0.632. The molecule has 2 N–H and O–H groups in total. The zero-order chi connectivity index (χ0) is 18.9. The minimum absolute atomic E-state index is 0.0249. The van der Waals surface area contributed by atoms with Crippen molar-refractivity contribution in [1.82, 2.24) is 20.4 Å². The molecule has 2 rings (SSSR count). The summed E-state index contributed by atoms with van der Waals surface area (Å²) in [6.07, 6.45) is 0.905. The monoisotopic (exact) mass is 381 g/mol. The second-order valence-electron chi connectivity index (χ2n) is 6.81. The van der Waals surface area contributed by atoms with Crippen LogP contribution < -0.4 is 15.4 Å². The van der Waals surface area contributed by atoms with E-state index in [0.29, 0.717) is 17.6 Å². The number of para-hydroxylation sites is 1. The number of aliphatic imine (C=N–C) groups is 1. The Bertz CT molecular complexity index is 583. The van der Waals surface area contributed by atoms with Gasteiger partial charge in [0.25, 0.3) is 0 Å². The summed E-state index contributed by atoms with van der Waals surface area (Å²) in [6.45, 7) is 6.92. The summed E-state index contributed by atoms with van der Waals surface area (Å²) in [4.78, 5) is 9.09. The largest absolute Gasteiger partial charge is 0.487 e. The van der Waals surface area contributed by atoms with Crippen LogP contribution in [0.2, 0.25) is 5.02 Å². The molecule has 1 aliphatic rings. The number of nitrogens with one attached hydrogen (secondary N) is 2. The minimum Gasteiger partial charge on any atom is -0.487 e. The van der Waals surface area contributed by atoms with E-state index in [1.54, 1.807) is 7.05 Å². The highest BCUT2D eigenvalue weighted by Gasteiger charge is 2.22. The number of ether oxygens (including phenoxy) is 1. The fourth-order valence-electron chi connectivity index (χ4n) is 2.96. The van der Waals surface area contributed by atoms with E-state index in [2.05, 4.69) is 46.4 Å². The lowest BCUT2D eigenvalue weighted by Crippen LogP contribution is -2.55. The van der Waals surface area contributed by atoms with E-state index in [0.717, 1.165) is 44.3 Å². The molecule has 1 saturated heterocycles. The Morgan fingerprint density at radius 3 is 2.77 bits per heavy atom. The van der Waals surface area contributed by atoms with Crippen LogP contribution in [0.25, 0.3) is 0 Å². The quantitative estimate of drug-likeness (QED) is 0.558. The topological polar surface area (TPSA) is 52.1 Å². The van der Waals surface area contributed by atoms with Crippen molar-refractivity contribution in [1.29, 1.82) is 0 Å². The third-order valence-electron chi connectivity index (χ3n) is 4.79. The maximum atomic E-state index is 6.19. The molecule has 1 aromatic carbocycles. The van der Waals surface area contributed by atoms with Gasteiger partial charge < -0.3 is 20.3 Å². The second-order valence-corrected chi connectivity index (χ2v) is 7.22. The number of likely N-dealkylation sites (N-methyl/N-ethyl adjacent to an activating group) is 2. The first-order chi connectivity index (χ1) is 12.5. The minimum atomic E-state index is 0.0249. The van der Waals surface area contributed by atoms with Gasteiger partial charge in [-0.15, -0.1) is 0 Å². The van der Waals surface area contributed by atoms with Gasteiger partial charge >= 0.3 is 0 Å². The van der Waals surface area contributed by atoms with Crippen LogP contribution in [0.3, 0.4) is 0 Å². The summed E-state index contributed by atoms with van der Waals surface area (Å²) in [5.41, 5.74) is 0. The summed E-state index contributed by atoms with van der Waals surface area (Å²) >= 11 is 6.19. The highest BCUT2D eigenvalue weighted by molar-refractivity contribution is 6.32. The number of hydrogen-bond acceptors (Lipinski definition) is 4. The second kappa shape index (κ2) is 10.6. The van der Waals surface area contributed by atoms with Gasteiger partial charge in [-0.05, 0) is 32.6 Å². The van der Waals surface area contributed by atoms with Crippen LogP contribution in [-0.2, 0) is 0 Å². The van der Waals surface area contributed by atoms with Gasteiger partial charge in [0, 0.05) is 39.3 Å². The zero-order valence-electron chi connectivity index (χ0n) is 16.3. The Morgan fingerprint density at radius 2 is 2.08 bits per heavy atom. The molecule has 1 aliphatic heterocycles. The van der Waals surface area contributed by atoms with Crippen molar-refractivity contribution in [2.75, 3.05) is 53.9 Å². The lowest BCUT2D eigenvalue weighted by molar-refractivity contribution is 0.116. The fourth-order valence-corrected chi connectivity index (χ4v) is 3.14. The van der Waals surface area contributed by atoms with E-state index < -0.39 is 0 Å². The Kier molecular flexibility index (Phi) is 8.48. The van der Waals surface area contributed by atoms with Crippen molar-refractivity contribution < 1.29 is 4.74 Å². The lowest BCUT2D eigenvalue weighted by atomic mass is 10.2. The maximum absolute atomic E-state index is 6.19. The molecule has 2 unspecified atom stereocenters. The molecule has 1 fully saturated rings. The number of halogens is 1. The molecule has 1 aromatic rings. The standard InChI is InChI=1S/C19H32ClN5O/c1-5-16(26-18-9-7-6-8-17(18)20)13-23-19(21-2)22-12-15-14-24(3)10-11-25(15)4/h6-9,15-16H,5,10-14H2,1-4H3,(H2,21,22,23). The van der Waals surface area contributed by atoms with Crippen LogP contribution >= 0.6 is 11.6 Å². The third kappa shape index (κ3) is 6.34. The Labute approximate surface area is 162 Å². The molecule has 26 heavy (non-hydrogen) atoms. The predicted molar refractivity (Wildman–Crippen MR) is 109 cm³/mol. The molecule has 0 bridgehead atoms. The first kappa shape index (κ1) is 20.8. The van der Waals surface area contributed by atoms with Crippen molar-refractivity contribution in [3.63, 3.8) is 0 Å². The summed E-state index contributed by atoms with van der Waals surface area (Å²) < 4.78 is 6.02. The van der Waals surface area contributed by atoms with E-state index >= 15 is 0 Å². The van der Waals surface area contributed by atoms with Crippen molar-refractivity contribution in [2.45, 2.75) is 25.5 Å². The van der Waals surface area contributed by atoms with Gasteiger partial charge in [0.2, 0.25) is 0 Å². The average molecular weight is 382 g/mol. The molecule has 0 radical (unpaired) electrons. The number of piperazine rings is 1. The van der Waals surface area contributed by atoms with Crippen LogP contribution in [0.15, 0.2) is 29.3 Å². The van der Waals surface area contributed by atoms with E-state index in [1.165, 1.54) is 0 Å². The average Bonchev–Trinajstić information content (AvgIpc) is 2.64. The van der Waals surface area contributed by atoms with Gasteiger partial charge in [-0.3, -0.25) is 9.89 Å². The first-order valence-electron chi connectivity index (χ1n) is 9.28. The molecule has 0 aliphatic carbocycles. The summed E-state index contributed by atoms with van der Waals surface area (Å²) in [5.74, 6) is 1.52. The van der Waals surface area contributed by atoms with Crippen molar-refractivity contribution >= 4 is 17.6 Å². The normalized spacial score (nSPS) is 20.7. The van der Waals surface area contributed by atoms with Gasteiger partial charge in [0.05, 0.1) is 11.6 Å². The highest BCUT2D eigenvalue weighted by atomic mass is 35.5. The molecule has 0 saturated carbocycles. The molecule has 0 aromatic heterocycles. The van der Waals surface area contributed by atoms with Gasteiger partial charge in [-0.2, -0.15) is 0 Å². The summed E-state index contributed by atoms with van der Waals surface area (Å²) in [5, 5.41) is 7.44. The molecular weight excluding hydrogens is 350 g/mol. The van der Waals surface area contributed by atoms with Crippen molar-refractivity contribution in [3.8, 4) is 5.75 Å². The number of benzene rings is 1. The van der Waals surface area contributed by atoms with Gasteiger partial charge in [0.15, 0.2) is 5.96 Å². The highest BCUT2D eigenvalue weighted by Crippen LogP contribution is 2.24. The van der Waals surface area contributed by atoms with Crippen molar-refractivity contribution in [3.05, 3.63) is 29.3 Å². The molecule has 2 atom stereocenters. The summed E-state index contributed by atoms with van der Waals surface area (Å²) in [7, 11) is 6.15. The smallest absolute Gasteiger partial charge is 0.191 e. The van der Waals surface area contributed by atoms with E-state index in [1.807, 2.05) is 24.3 Å². The van der Waals surface area contributed by atoms with Crippen LogP contribution in [0.1, 0.15) is 13.3 Å².